The molecule has 0 aliphatic carbocycles. The van der Waals surface area contributed by atoms with E-state index in [4.69, 9.17) is 10.2 Å². The molecule has 2 aliphatic heterocycles. The summed E-state index contributed by atoms with van der Waals surface area (Å²) in [6, 6.07) is 15.0. The van der Waals surface area contributed by atoms with Crippen molar-refractivity contribution in [2.75, 3.05) is 52.4 Å². The van der Waals surface area contributed by atoms with Gasteiger partial charge >= 0.3 is 17.1 Å². The fourth-order valence-corrected chi connectivity index (χ4v) is 2.53. The Balaban J connectivity index is 0.000000200. The van der Waals surface area contributed by atoms with Crippen molar-refractivity contribution in [3.63, 3.8) is 0 Å². The average molecular weight is 438 g/mol. The van der Waals surface area contributed by atoms with E-state index in [1.54, 1.807) is 24.6 Å². The van der Waals surface area contributed by atoms with Gasteiger partial charge in [0.1, 0.15) is 0 Å². The van der Waals surface area contributed by atoms with Crippen molar-refractivity contribution >= 4 is 12.4 Å². The van der Waals surface area contributed by atoms with Crippen LogP contribution in [0.4, 0.5) is 0 Å². The zero-order valence-electron chi connectivity index (χ0n) is 16.6. The van der Waals surface area contributed by atoms with E-state index >= 15 is 0 Å². The molecule has 0 aromatic heterocycles. The van der Waals surface area contributed by atoms with Crippen LogP contribution in [0.2, 0.25) is 0 Å². The van der Waals surface area contributed by atoms with Gasteiger partial charge in [-0.25, -0.2) is 0 Å². The molecule has 29 heavy (non-hydrogen) atoms. The van der Waals surface area contributed by atoms with Gasteiger partial charge in [0.2, 0.25) is 0 Å². The van der Waals surface area contributed by atoms with E-state index in [-0.39, 0.29) is 17.1 Å². The first kappa shape index (κ1) is 23.1. The van der Waals surface area contributed by atoms with Gasteiger partial charge in [0.05, 0.1) is 24.2 Å². The molecule has 1 radical (unpaired) electrons. The molecule has 2 aromatic carbocycles. The van der Waals surface area contributed by atoms with E-state index in [1.807, 2.05) is 36.4 Å². The van der Waals surface area contributed by atoms with Crippen molar-refractivity contribution in [2.45, 2.75) is 0 Å². The Morgan fingerprint density at radius 2 is 1.07 bits per heavy atom. The minimum absolute atomic E-state index is 0. The number of benzene rings is 2. The Hall–Kier alpha value is -2.18. The SMILES string of the molecule is [Fe+3].[OH2+]c1ccccc1C=NCCN1CC1.[OH2+]c1ccccc1C=NCCN1CC1. The zero-order valence-corrected chi connectivity index (χ0v) is 17.7. The van der Waals surface area contributed by atoms with Gasteiger partial charge < -0.3 is 10.2 Å². The van der Waals surface area contributed by atoms with Crippen LogP contribution in [0.25, 0.3) is 0 Å². The molecule has 0 atom stereocenters. The number of hydrogen-bond acceptors (Lipinski definition) is 4. The molecule has 7 heteroatoms. The first-order valence-electron chi connectivity index (χ1n) is 9.78. The fourth-order valence-electron chi connectivity index (χ4n) is 2.53. The molecular weight excluding hydrogens is 408 g/mol. The molecule has 0 bridgehead atoms. The minimum Gasteiger partial charge on any atom is -0.593 e. The van der Waals surface area contributed by atoms with Gasteiger partial charge in [-0.1, -0.05) is 24.3 Å². The van der Waals surface area contributed by atoms with E-state index in [0.717, 1.165) is 37.3 Å². The summed E-state index contributed by atoms with van der Waals surface area (Å²) in [4.78, 5) is 13.3. The third kappa shape index (κ3) is 9.24. The smallest absolute Gasteiger partial charge is 0.593 e. The molecular formula is C22H30FeN4O2+5. The molecule has 2 aliphatic rings. The summed E-state index contributed by atoms with van der Waals surface area (Å²) >= 11 is 0. The summed E-state index contributed by atoms with van der Waals surface area (Å²) in [5.74, 6) is 1.09. The Kier molecular flexibility index (Phi) is 9.88. The van der Waals surface area contributed by atoms with Gasteiger partial charge in [0.25, 0.3) is 11.5 Å². The first-order valence-corrected chi connectivity index (χ1v) is 9.78. The van der Waals surface area contributed by atoms with Gasteiger partial charge in [-0.2, -0.15) is 0 Å². The van der Waals surface area contributed by atoms with Crippen LogP contribution in [-0.2, 0) is 17.1 Å². The van der Waals surface area contributed by atoms with Crippen LogP contribution >= 0.6 is 0 Å². The van der Waals surface area contributed by atoms with Gasteiger partial charge in [-0.15, -0.1) is 0 Å². The molecule has 0 amide bonds. The first-order chi connectivity index (χ1) is 13.7. The minimum atomic E-state index is 0. The predicted molar refractivity (Wildman–Crippen MR) is 117 cm³/mol. The largest absolute Gasteiger partial charge is 3.00 e. The topological polar surface area (TPSA) is 76.5 Å². The summed E-state index contributed by atoms with van der Waals surface area (Å²) in [6.45, 7) is 8.69. The molecule has 153 valence electrons. The fraction of sp³-hybridized carbons (Fsp3) is 0.364. The Morgan fingerprint density at radius 3 is 1.41 bits per heavy atom. The Labute approximate surface area is 183 Å². The standard InChI is InChI=1S/2C11H14N2O.Fe/c2*14-11-4-2-1-3-10(11)9-12-5-6-13-7-8-13;/h2*1-4,9,14H,5-8H2;/q;;+3/p+2. The second-order valence-corrected chi connectivity index (χ2v) is 6.93. The van der Waals surface area contributed by atoms with Crippen LogP contribution < -0.4 is 0 Å². The molecule has 0 spiro atoms. The average Bonchev–Trinajstić information content (AvgIpc) is 3.61. The number of hydrogen-bond donors (Lipinski definition) is 0. The molecule has 2 aromatic rings. The predicted octanol–water partition coefficient (Wildman–Crippen LogP) is 1.72. The van der Waals surface area contributed by atoms with Gasteiger partial charge in [-0.3, -0.25) is 19.8 Å². The Bertz CT molecular complexity index is 737. The van der Waals surface area contributed by atoms with Crippen molar-refractivity contribution in [3.8, 4) is 11.5 Å². The number of aliphatic imine (C=N–C) groups is 2. The third-order valence-electron chi connectivity index (χ3n) is 4.55. The monoisotopic (exact) mass is 438 g/mol. The van der Waals surface area contributed by atoms with Crippen LogP contribution in [0.1, 0.15) is 11.1 Å². The van der Waals surface area contributed by atoms with Crippen molar-refractivity contribution in [3.05, 3.63) is 59.7 Å². The van der Waals surface area contributed by atoms with Crippen molar-refractivity contribution < 1.29 is 27.3 Å². The van der Waals surface area contributed by atoms with Crippen molar-refractivity contribution in [1.82, 2.24) is 9.80 Å². The summed E-state index contributed by atoms with van der Waals surface area (Å²) in [7, 11) is 0. The molecule has 4 rings (SSSR count). The second-order valence-electron chi connectivity index (χ2n) is 6.93. The molecule has 2 fully saturated rings. The van der Waals surface area contributed by atoms with Crippen LogP contribution in [0.15, 0.2) is 58.5 Å². The normalized spacial score (nSPS) is 15.7. The third-order valence-corrected chi connectivity index (χ3v) is 4.55. The molecule has 2 heterocycles. The molecule has 4 N–H and O–H groups in total. The zero-order chi connectivity index (χ0) is 19.6. The maximum absolute atomic E-state index is 7.60. The van der Waals surface area contributed by atoms with E-state index in [1.165, 1.54) is 26.2 Å². The van der Waals surface area contributed by atoms with Gasteiger partial charge in [0.15, 0.2) is 0 Å². The summed E-state index contributed by atoms with van der Waals surface area (Å²) < 4.78 is 0. The number of nitrogens with zero attached hydrogens (tertiary/aromatic N) is 4. The molecule has 6 nitrogen and oxygen atoms in total. The molecule has 2 saturated heterocycles. The summed E-state index contributed by atoms with van der Waals surface area (Å²) in [6.07, 6.45) is 3.59. The van der Waals surface area contributed by atoms with Gasteiger partial charge in [-0.05, 0) is 12.1 Å². The van der Waals surface area contributed by atoms with E-state index in [9.17, 15) is 0 Å². The molecule has 0 saturated carbocycles. The van der Waals surface area contributed by atoms with E-state index in [2.05, 4.69) is 19.8 Å². The molecule has 0 unspecified atom stereocenters. The van der Waals surface area contributed by atoms with Crippen LogP contribution in [0, 0.1) is 0 Å². The Morgan fingerprint density at radius 1 is 0.690 bits per heavy atom. The quantitative estimate of drug-likeness (QED) is 0.272. The van der Waals surface area contributed by atoms with Crippen LogP contribution in [0.3, 0.4) is 0 Å². The maximum atomic E-state index is 7.60. The van der Waals surface area contributed by atoms with Crippen LogP contribution in [0.5, 0.6) is 11.5 Å². The number of rotatable bonds is 8. The summed E-state index contributed by atoms with van der Waals surface area (Å²) in [5, 5.41) is 15.2. The summed E-state index contributed by atoms with van der Waals surface area (Å²) in [5.41, 5.74) is 1.80. The maximum Gasteiger partial charge on any atom is 3.00 e. The van der Waals surface area contributed by atoms with E-state index < -0.39 is 0 Å². The van der Waals surface area contributed by atoms with Crippen LogP contribution in [-0.4, -0.2) is 84.8 Å². The second kappa shape index (κ2) is 12.4. The van der Waals surface area contributed by atoms with Gasteiger partial charge in [0, 0.05) is 63.8 Å². The van der Waals surface area contributed by atoms with Crippen molar-refractivity contribution in [1.29, 1.82) is 0 Å². The van der Waals surface area contributed by atoms with Crippen molar-refractivity contribution in [2.24, 2.45) is 9.98 Å². The number of para-hydroxylation sites is 2. The van der Waals surface area contributed by atoms with E-state index in [0.29, 0.717) is 11.5 Å².